The molecule has 0 spiro atoms. The summed E-state index contributed by atoms with van der Waals surface area (Å²) in [6, 6.07) is 0. The van der Waals surface area contributed by atoms with Crippen LogP contribution in [-0.4, -0.2) is 0 Å². The van der Waals surface area contributed by atoms with Gasteiger partial charge >= 0.3 is 0 Å². The number of rotatable bonds is 1. The molecule has 0 nitrogen and oxygen atoms in total. The molecule has 46 valence electrons. The first kappa shape index (κ1) is 5.87. The zero-order valence-electron chi connectivity index (χ0n) is 5.78. The summed E-state index contributed by atoms with van der Waals surface area (Å²) < 4.78 is 0. The summed E-state index contributed by atoms with van der Waals surface area (Å²) in [6.45, 7) is 4.37. The molecule has 1 saturated carbocycles. The fourth-order valence-electron chi connectivity index (χ4n) is 1.10. The molecule has 1 aliphatic rings. The molecule has 0 atom stereocenters. The van der Waals surface area contributed by atoms with Crippen LogP contribution in [0.5, 0.6) is 0 Å². The molecule has 0 aromatic rings. The third kappa shape index (κ3) is 0.936. The predicted octanol–water partition coefficient (Wildman–Crippen LogP) is 2.75. The van der Waals surface area contributed by atoms with Crippen molar-refractivity contribution in [2.24, 2.45) is 5.92 Å². The molecule has 0 heteroatoms. The van der Waals surface area contributed by atoms with Crippen molar-refractivity contribution in [2.45, 2.75) is 33.1 Å². The molecule has 1 fully saturated rings. The summed E-state index contributed by atoms with van der Waals surface area (Å²) in [4.78, 5) is 0. The lowest BCUT2D eigenvalue weighted by Gasteiger charge is -2.25. The second kappa shape index (κ2) is 2.34. The molecule has 0 radical (unpaired) electrons. The Morgan fingerprint density at radius 2 is 2.12 bits per heavy atom. The van der Waals surface area contributed by atoms with Gasteiger partial charge in [-0.25, -0.2) is 0 Å². The largest absolute Gasteiger partial charge is 0.0885 e. The maximum absolute atomic E-state index is 2.24. The zero-order chi connectivity index (χ0) is 5.98. The van der Waals surface area contributed by atoms with Crippen LogP contribution in [0.4, 0.5) is 0 Å². The molecule has 0 unspecified atom stereocenters. The van der Waals surface area contributed by atoms with E-state index in [1.165, 1.54) is 19.3 Å². The third-order valence-electron chi connectivity index (χ3n) is 2.20. The minimum absolute atomic E-state index is 0.958. The lowest BCUT2D eigenvalue weighted by molar-refractivity contribution is 0.367. The van der Waals surface area contributed by atoms with E-state index < -0.39 is 0 Å². The first-order valence-electron chi connectivity index (χ1n) is 3.47. The van der Waals surface area contributed by atoms with Crippen LogP contribution in [0.15, 0.2) is 11.6 Å². The lowest BCUT2D eigenvalue weighted by atomic mass is 9.80. The Morgan fingerprint density at radius 3 is 2.25 bits per heavy atom. The van der Waals surface area contributed by atoms with Crippen molar-refractivity contribution in [3.8, 4) is 0 Å². The van der Waals surface area contributed by atoms with E-state index in [9.17, 15) is 0 Å². The van der Waals surface area contributed by atoms with Crippen LogP contribution < -0.4 is 0 Å². The van der Waals surface area contributed by atoms with Gasteiger partial charge in [0.05, 0.1) is 0 Å². The summed E-state index contributed by atoms with van der Waals surface area (Å²) in [7, 11) is 0. The van der Waals surface area contributed by atoms with Crippen molar-refractivity contribution >= 4 is 0 Å². The van der Waals surface area contributed by atoms with Gasteiger partial charge < -0.3 is 0 Å². The normalized spacial score (nSPS) is 23.0. The van der Waals surface area contributed by atoms with Gasteiger partial charge in [0.2, 0.25) is 0 Å². The quantitative estimate of drug-likeness (QED) is 0.455. The van der Waals surface area contributed by atoms with Crippen LogP contribution >= 0.6 is 0 Å². The average Bonchev–Trinajstić information content (AvgIpc) is 1.62. The molecule has 0 bridgehead atoms. The number of hydrogen-bond acceptors (Lipinski definition) is 0. The molecule has 1 rings (SSSR count). The van der Waals surface area contributed by atoms with Crippen LogP contribution in [0.1, 0.15) is 33.1 Å². The van der Waals surface area contributed by atoms with Crippen molar-refractivity contribution < 1.29 is 0 Å². The first-order chi connectivity index (χ1) is 3.84. The maximum atomic E-state index is 2.24. The van der Waals surface area contributed by atoms with E-state index >= 15 is 0 Å². The molecule has 0 aromatic heterocycles. The number of hydrogen-bond donors (Lipinski definition) is 0. The van der Waals surface area contributed by atoms with Gasteiger partial charge in [-0.3, -0.25) is 0 Å². The maximum Gasteiger partial charge on any atom is -0.0206 e. The Balaban J connectivity index is 2.34. The van der Waals surface area contributed by atoms with E-state index in [2.05, 4.69) is 19.9 Å². The molecule has 0 aromatic carbocycles. The predicted molar refractivity (Wildman–Crippen MR) is 36.8 cm³/mol. The minimum Gasteiger partial charge on any atom is -0.0885 e. The summed E-state index contributed by atoms with van der Waals surface area (Å²) in [5.74, 6) is 0.958. The second-order valence-electron chi connectivity index (χ2n) is 2.66. The Labute approximate surface area is 51.6 Å². The topological polar surface area (TPSA) is 0 Å². The Kier molecular flexibility index (Phi) is 1.72. The first-order valence-corrected chi connectivity index (χ1v) is 3.47. The van der Waals surface area contributed by atoms with Crippen LogP contribution in [0.3, 0.4) is 0 Å². The Bertz CT molecular complexity index is 96.6. The van der Waals surface area contributed by atoms with Gasteiger partial charge in [-0.05, 0) is 32.6 Å². The molecule has 0 heterocycles. The van der Waals surface area contributed by atoms with Crippen molar-refractivity contribution in [2.75, 3.05) is 0 Å². The van der Waals surface area contributed by atoms with Crippen molar-refractivity contribution in [1.29, 1.82) is 0 Å². The van der Waals surface area contributed by atoms with Gasteiger partial charge in [-0.2, -0.15) is 0 Å². The van der Waals surface area contributed by atoms with Crippen LogP contribution in [0.25, 0.3) is 0 Å². The van der Waals surface area contributed by atoms with Crippen LogP contribution in [0, 0.1) is 5.92 Å². The summed E-state index contributed by atoms with van der Waals surface area (Å²) in [6.07, 6.45) is 6.58. The fourth-order valence-corrected chi connectivity index (χ4v) is 1.10. The van der Waals surface area contributed by atoms with E-state index in [1.54, 1.807) is 5.57 Å². The van der Waals surface area contributed by atoms with Gasteiger partial charge in [-0.15, -0.1) is 0 Å². The summed E-state index contributed by atoms with van der Waals surface area (Å²) >= 11 is 0. The number of allylic oxidation sites excluding steroid dienone is 2. The standard InChI is InChI=1S/C8H14/c1-3-7(2)8-5-4-6-8/h3,8H,4-6H2,1-2H3/b7-3+. The molecule has 0 amide bonds. The van der Waals surface area contributed by atoms with Gasteiger partial charge in [0.1, 0.15) is 0 Å². The summed E-state index contributed by atoms with van der Waals surface area (Å²) in [5.41, 5.74) is 1.59. The van der Waals surface area contributed by atoms with E-state index in [-0.39, 0.29) is 0 Å². The molecule has 8 heavy (non-hydrogen) atoms. The minimum atomic E-state index is 0.958. The second-order valence-corrected chi connectivity index (χ2v) is 2.66. The highest BCUT2D eigenvalue weighted by Gasteiger charge is 2.17. The van der Waals surface area contributed by atoms with Crippen LogP contribution in [-0.2, 0) is 0 Å². The molecule has 0 saturated heterocycles. The Hall–Kier alpha value is -0.260. The summed E-state index contributed by atoms with van der Waals surface area (Å²) in [5, 5.41) is 0. The average molecular weight is 110 g/mol. The van der Waals surface area contributed by atoms with Crippen molar-refractivity contribution in [3.05, 3.63) is 11.6 Å². The van der Waals surface area contributed by atoms with E-state index in [0.717, 1.165) is 5.92 Å². The third-order valence-corrected chi connectivity index (χ3v) is 2.20. The smallest absolute Gasteiger partial charge is 0.0206 e. The van der Waals surface area contributed by atoms with E-state index in [4.69, 9.17) is 0 Å². The van der Waals surface area contributed by atoms with Crippen LogP contribution in [0.2, 0.25) is 0 Å². The Morgan fingerprint density at radius 1 is 1.50 bits per heavy atom. The molecule has 0 aliphatic heterocycles. The van der Waals surface area contributed by atoms with Crippen molar-refractivity contribution in [1.82, 2.24) is 0 Å². The molecule has 1 aliphatic carbocycles. The molecular weight excluding hydrogens is 96.1 g/mol. The van der Waals surface area contributed by atoms with Gasteiger partial charge in [0.25, 0.3) is 0 Å². The highest BCUT2D eigenvalue weighted by Crippen LogP contribution is 2.32. The van der Waals surface area contributed by atoms with Gasteiger partial charge in [0.15, 0.2) is 0 Å². The highest BCUT2D eigenvalue weighted by atomic mass is 14.2. The molecular formula is C8H14. The van der Waals surface area contributed by atoms with Gasteiger partial charge in [-0.1, -0.05) is 18.1 Å². The van der Waals surface area contributed by atoms with E-state index in [0.29, 0.717) is 0 Å². The molecule has 0 N–H and O–H groups in total. The highest BCUT2D eigenvalue weighted by molar-refractivity contribution is 5.04. The monoisotopic (exact) mass is 110 g/mol. The SMILES string of the molecule is C/C=C(\C)C1CCC1. The van der Waals surface area contributed by atoms with Crippen molar-refractivity contribution in [3.63, 3.8) is 0 Å². The van der Waals surface area contributed by atoms with Gasteiger partial charge in [0, 0.05) is 0 Å². The van der Waals surface area contributed by atoms with E-state index in [1.807, 2.05) is 0 Å². The lowest BCUT2D eigenvalue weighted by Crippen LogP contribution is -2.11. The fraction of sp³-hybridized carbons (Fsp3) is 0.750. The zero-order valence-corrected chi connectivity index (χ0v) is 5.78.